The lowest BCUT2D eigenvalue weighted by Crippen LogP contribution is -2.42. The second-order valence-electron chi connectivity index (χ2n) is 4.34. The van der Waals surface area contributed by atoms with Gasteiger partial charge < -0.3 is 10.1 Å². The smallest absolute Gasteiger partial charge is 0.328 e. The van der Waals surface area contributed by atoms with Gasteiger partial charge in [-0.15, -0.1) is 0 Å². The van der Waals surface area contributed by atoms with E-state index in [1.54, 1.807) is 6.92 Å². The van der Waals surface area contributed by atoms with Crippen LogP contribution in [0, 0.1) is 5.92 Å². The molecule has 0 radical (unpaired) electrons. The number of ether oxygens (including phenoxy) is 1. The van der Waals surface area contributed by atoms with Crippen LogP contribution < -0.4 is 5.32 Å². The molecule has 17 heavy (non-hydrogen) atoms. The van der Waals surface area contributed by atoms with E-state index in [-0.39, 0.29) is 11.9 Å². The molecule has 100 valence electrons. The van der Waals surface area contributed by atoms with Gasteiger partial charge in [0.1, 0.15) is 6.04 Å². The average molecular weight is 243 g/mol. The summed E-state index contributed by atoms with van der Waals surface area (Å²) in [6.45, 7) is 6.25. The first-order valence-corrected chi connectivity index (χ1v) is 6.53. The first kappa shape index (κ1) is 15.9. The molecule has 0 aromatic rings. The Morgan fingerprint density at radius 3 is 2.53 bits per heavy atom. The van der Waals surface area contributed by atoms with Gasteiger partial charge in [0.15, 0.2) is 0 Å². The third-order valence-corrected chi connectivity index (χ3v) is 2.87. The summed E-state index contributed by atoms with van der Waals surface area (Å²) in [6, 6.07) is -0.505. The molecule has 0 bridgehead atoms. The molecule has 0 aliphatic rings. The van der Waals surface area contributed by atoms with Crippen LogP contribution in [0.25, 0.3) is 0 Å². The number of hydrogen-bond donors (Lipinski definition) is 1. The van der Waals surface area contributed by atoms with Crippen molar-refractivity contribution in [2.45, 2.75) is 58.9 Å². The first-order chi connectivity index (χ1) is 8.17. The SMILES string of the molecule is CCCCCCC(C)C(NC=O)C(=O)OCC. The normalized spacial score (nSPS) is 13.8. The summed E-state index contributed by atoms with van der Waals surface area (Å²) < 4.78 is 4.94. The Kier molecular flexibility index (Phi) is 9.49. The summed E-state index contributed by atoms with van der Waals surface area (Å²) in [4.78, 5) is 22.1. The number of rotatable bonds is 10. The van der Waals surface area contributed by atoms with Crippen molar-refractivity contribution in [1.82, 2.24) is 5.32 Å². The highest BCUT2D eigenvalue weighted by Crippen LogP contribution is 2.15. The molecule has 0 spiro atoms. The average Bonchev–Trinajstić information content (AvgIpc) is 2.31. The van der Waals surface area contributed by atoms with Crippen molar-refractivity contribution in [1.29, 1.82) is 0 Å². The Hall–Kier alpha value is -1.06. The molecule has 0 heterocycles. The molecule has 0 saturated heterocycles. The van der Waals surface area contributed by atoms with Gasteiger partial charge in [0, 0.05) is 0 Å². The third kappa shape index (κ3) is 6.97. The van der Waals surface area contributed by atoms with Gasteiger partial charge in [0.25, 0.3) is 0 Å². The summed E-state index contributed by atoms with van der Waals surface area (Å²) in [5.74, 6) is -0.210. The van der Waals surface area contributed by atoms with Crippen molar-refractivity contribution in [3.05, 3.63) is 0 Å². The lowest BCUT2D eigenvalue weighted by Gasteiger charge is -2.21. The van der Waals surface area contributed by atoms with Crippen LogP contribution in [-0.4, -0.2) is 25.0 Å². The van der Waals surface area contributed by atoms with Crippen LogP contribution in [0.2, 0.25) is 0 Å². The summed E-state index contributed by atoms with van der Waals surface area (Å²) in [5.41, 5.74) is 0. The molecule has 1 N–H and O–H groups in total. The fourth-order valence-corrected chi connectivity index (χ4v) is 1.83. The van der Waals surface area contributed by atoms with E-state index in [1.807, 2.05) is 6.92 Å². The monoisotopic (exact) mass is 243 g/mol. The molecular weight excluding hydrogens is 218 g/mol. The maximum absolute atomic E-state index is 11.6. The van der Waals surface area contributed by atoms with Crippen LogP contribution in [0.5, 0.6) is 0 Å². The third-order valence-electron chi connectivity index (χ3n) is 2.87. The Morgan fingerprint density at radius 1 is 1.29 bits per heavy atom. The quantitative estimate of drug-likeness (QED) is 0.364. The van der Waals surface area contributed by atoms with E-state index in [0.29, 0.717) is 13.0 Å². The molecule has 0 aliphatic heterocycles. The van der Waals surface area contributed by atoms with Crippen molar-refractivity contribution >= 4 is 12.4 Å². The molecule has 0 saturated carbocycles. The summed E-state index contributed by atoms with van der Waals surface area (Å²) >= 11 is 0. The van der Waals surface area contributed by atoms with Crippen molar-refractivity contribution < 1.29 is 14.3 Å². The fourth-order valence-electron chi connectivity index (χ4n) is 1.83. The minimum absolute atomic E-state index is 0.121. The minimum Gasteiger partial charge on any atom is -0.464 e. The molecule has 4 heteroatoms. The molecule has 2 unspecified atom stereocenters. The van der Waals surface area contributed by atoms with Crippen molar-refractivity contribution in [3.63, 3.8) is 0 Å². The van der Waals surface area contributed by atoms with Crippen LogP contribution >= 0.6 is 0 Å². The lowest BCUT2D eigenvalue weighted by atomic mass is 9.95. The topological polar surface area (TPSA) is 55.4 Å². The summed E-state index contributed by atoms with van der Waals surface area (Å²) in [5, 5.41) is 2.55. The van der Waals surface area contributed by atoms with E-state index in [1.165, 1.54) is 19.3 Å². The van der Waals surface area contributed by atoms with E-state index in [9.17, 15) is 9.59 Å². The van der Waals surface area contributed by atoms with Gasteiger partial charge in [-0.25, -0.2) is 4.79 Å². The highest BCUT2D eigenvalue weighted by Gasteiger charge is 2.25. The second-order valence-corrected chi connectivity index (χ2v) is 4.34. The van der Waals surface area contributed by atoms with Gasteiger partial charge in [-0.3, -0.25) is 4.79 Å². The molecule has 0 aromatic carbocycles. The standard InChI is InChI=1S/C13H25NO3/c1-4-6-7-8-9-11(3)12(14-10-15)13(16)17-5-2/h10-12H,4-9H2,1-3H3,(H,14,15). The molecule has 0 aliphatic carbocycles. The number of carbonyl (C=O) groups is 2. The molecule has 0 fully saturated rings. The maximum Gasteiger partial charge on any atom is 0.328 e. The van der Waals surface area contributed by atoms with E-state index < -0.39 is 6.04 Å². The molecule has 1 amide bonds. The predicted octanol–water partition coefficient (Wildman–Crippen LogP) is 2.27. The Bertz CT molecular complexity index is 219. The molecule has 0 aromatic heterocycles. The van der Waals surface area contributed by atoms with Crippen LogP contribution in [0.4, 0.5) is 0 Å². The second kappa shape index (κ2) is 10.1. The highest BCUT2D eigenvalue weighted by atomic mass is 16.5. The van der Waals surface area contributed by atoms with Crippen LogP contribution in [-0.2, 0) is 14.3 Å². The minimum atomic E-state index is -0.505. The van der Waals surface area contributed by atoms with E-state index in [4.69, 9.17) is 4.74 Å². The highest BCUT2D eigenvalue weighted by molar-refractivity contribution is 5.78. The Balaban J connectivity index is 4.09. The molecule has 0 rings (SSSR count). The van der Waals surface area contributed by atoms with Gasteiger partial charge in [-0.1, -0.05) is 39.5 Å². The zero-order chi connectivity index (χ0) is 13.1. The maximum atomic E-state index is 11.6. The summed E-state index contributed by atoms with van der Waals surface area (Å²) in [7, 11) is 0. The van der Waals surface area contributed by atoms with Gasteiger partial charge in [0.2, 0.25) is 6.41 Å². The predicted molar refractivity (Wildman–Crippen MR) is 67.5 cm³/mol. The zero-order valence-electron chi connectivity index (χ0n) is 11.2. The summed E-state index contributed by atoms with van der Waals surface area (Å²) in [6.07, 6.45) is 6.19. The number of hydrogen-bond acceptors (Lipinski definition) is 3. The number of esters is 1. The molecular formula is C13H25NO3. The van der Waals surface area contributed by atoms with Crippen molar-refractivity contribution in [2.24, 2.45) is 5.92 Å². The number of carbonyl (C=O) groups excluding carboxylic acids is 2. The molecule has 4 nitrogen and oxygen atoms in total. The van der Waals surface area contributed by atoms with Gasteiger partial charge in [-0.2, -0.15) is 0 Å². The number of amides is 1. The number of nitrogens with one attached hydrogen (secondary N) is 1. The van der Waals surface area contributed by atoms with Gasteiger partial charge in [0.05, 0.1) is 6.61 Å². The number of unbranched alkanes of at least 4 members (excludes halogenated alkanes) is 3. The lowest BCUT2D eigenvalue weighted by molar-refractivity contribution is -0.148. The molecule has 2 atom stereocenters. The van der Waals surface area contributed by atoms with Gasteiger partial charge >= 0.3 is 5.97 Å². The van der Waals surface area contributed by atoms with E-state index in [0.717, 1.165) is 12.8 Å². The van der Waals surface area contributed by atoms with Crippen molar-refractivity contribution in [2.75, 3.05) is 6.61 Å². The van der Waals surface area contributed by atoms with Crippen LogP contribution in [0.3, 0.4) is 0 Å². The van der Waals surface area contributed by atoms with Crippen LogP contribution in [0.1, 0.15) is 52.9 Å². The first-order valence-electron chi connectivity index (χ1n) is 6.53. The zero-order valence-corrected chi connectivity index (χ0v) is 11.2. The van der Waals surface area contributed by atoms with Crippen molar-refractivity contribution in [3.8, 4) is 0 Å². The van der Waals surface area contributed by atoms with E-state index in [2.05, 4.69) is 12.2 Å². The van der Waals surface area contributed by atoms with Crippen LogP contribution in [0.15, 0.2) is 0 Å². The van der Waals surface area contributed by atoms with E-state index >= 15 is 0 Å². The Morgan fingerprint density at radius 2 is 2.00 bits per heavy atom. The largest absolute Gasteiger partial charge is 0.464 e. The van der Waals surface area contributed by atoms with Gasteiger partial charge in [-0.05, 0) is 19.3 Å². The fraction of sp³-hybridized carbons (Fsp3) is 0.846. The Labute approximate surface area is 104 Å².